The quantitative estimate of drug-likeness (QED) is 0.762. The van der Waals surface area contributed by atoms with E-state index in [0.29, 0.717) is 0 Å². The van der Waals surface area contributed by atoms with Gasteiger partial charge in [0, 0.05) is 5.69 Å². The lowest BCUT2D eigenvalue weighted by Crippen LogP contribution is -2.13. The van der Waals surface area contributed by atoms with Crippen LogP contribution in [0.1, 0.15) is 22.7 Å². The summed E-state index contributed by atoms with van der Waals surface area (Å²) in [4.78, 5) is 0. The number of nitrogens with one attached hydrogen (secondary N) is 1. The van der Waals surface area contributed by atoms with Gasteiger partial charge in [0.15, 0.2) is 0 Å². The lowest BCUT2D eigenvalue weighted by molar-refractivity contribution is 0.964. The first-order valence-electron chi connectivity index (χ1n) is 5.94. The van der Waals surface area contributed by atoms with E-state index in [4.69, 9.17) is 0 Å². The molecule has 1 heterocycles. The minimum atomic E-state index is 0.283. The van der Waals surface area contributed by atoms with Crippen molar-refractivity contribution >= 4 is 11.8 Å². The maximum Gasteiger partial charge on any atom is 0.0704 e. The molecular formula is C16H15N. The number of aryl methyl sites for hydroxylation is 1. The summed E-state index contributed by atoms with van der Waals surface area (Å²) in [7, 11) is 0. The SMILES string of the molecule is Cc1ccccc1C1C=Cc2ccccc2N1. The monoisotopic (exact) mass is 221 g/mol. The van der Waals surface area contributed by atoms with E-state index in [-0.39, 0.29) is 6.04 Å². The Labute approximate surface area is 102 Å². The van der Waals surface area contributed by atoms with Crippen molar-refractivity contribution in [1.82, 2.24) is 0 Å². The molecule has 0 radical (unpaired) electrons. The van der Waals surface area contributed by atoms with Gasteiger partial charge in [0.1, 0.15) is 0 Å². The molecule has 1 unspecified atom stereocenters. The van der Waals surface area contributed by atoms with Crippen LogP contribution in [0.15, 0.2) is 54.6 Å². The second-order valence-electron chi connectivity index (χ2n) is 4.42. The Bertz CT molecular complexity index is 569. The van der Waals surface area contributed by atoms with Crippen LogP contribution in [-0.2, 0) is 0 Å². The van der Waals surface area contributed by atoms with Crippen molar-refractivity contribution in [3.63, 3.8) is 0 Å². The number of hydrogen-bond donors (Lipinski definition) is 1. The molecule has 1 aliphatic heterocycles. The highest BCUT2D eigenvalue weighted by molar-refractivity contribution is 5.71. The van der Waals surface area contributed by atoms with Crippen molar-refractivity contribution in [2.24, 2.45) is 0 Å². The first-order valence-corrected chi connectivity index (χ1v) is 5.94. The van der Waals surface area contributed by atoms with Gasteiger partial charge in [-0.25, -0.2) is 0 Å². The lowest BCUT2D eigenvalue weighted by atomic mass is 9.97. The molecule has 1 N–H and O–H groups in total. The topological polar surface area (TPSA) is 12.0 Å². The van der Waals surface area contributed by atoms with Crippen molar-refractivity contribution in [1.29, 1.82) is 0 Å². The van der Waals surface area contributed by atoms with Gasteiger partial charge in [-0.1, -0.05) is 54.6 Å². The highest BCUT2D eigenvalue weighted by Crippen LogP contribution is 2.30. The molecular weight excluding hydrogens is 206 g/mol. The van der Waals surface area contributed by atoms with E-state index in [2.05, 4.69) is 72.9 Å². The van der Waals surface area contributed by atoms with Gasteiger partial charge in [-0.05, 0) is 29.7 Å². The zero-order valence-corrected chi connectivity index (χ0v) is 9.85. The molecule has 0 fully saturated rings. The molecule has 0 aliphatic carbocycles. The number of hydrogen-bond acceptors (Lipinski definition) is 1. The number of para-hydroxylation sites is 1. The number of rotatable bonds is 1. The largest absolute Gasteiger partial charge is 0.374 e. The molecule has 2 aromatic rings. The normalized spacial score (nSPS) is 17.4. The fourth-order valence-corrected chi connectivity index (χ4v) is 2.31. The highest BCUT2D eigenvalue weighted by Gasteiger charge is 2.14. The average Bonchev–Trinajstić information content (AvgIpc) is 2.39. The van der Waals surface area contributed by atoms with Crippen LogP contribution in [0.4, 0.5) is 5.69 Å². The molecule has 0 aromatic heterocycles. The molecule has 2 aromatic carbocycles. The van der Waals surface area contributed by atoms with Gasteiger partial charge in [-0.2, -0.15) is 0 Å². The summed E-state index contributed by atoms with van der Waals surface area (Å²) in [6.07, 6.45) is 4.42. The third-order valence-corrected chi connectivity index (χ3v) is 3.26. The second-order valence-corrected chi connectivity index (χ2v) is 4.42. The van der Waals surface area contributed by atoms with Crippen LogP contribution < -0.4 is 5.32 Å². The summed E-state index contributed by atoms with van der Waals surface area (Å²) in [5.41, 5.74) is 5.15. The molecule has 17 heavy (non-hydrogen) atoms. The number of anilines is 1. The average molecular weight is 221 g/mol. The second kappa shape index (κ2) is 4.10. The minimum Gasteiger partial charge on any atom is -0.374 e. The molecule has 0 amide bonds. The third-order valence-electron chi connectivity index (χ3n) is 3.26. The van der Waals surface area contributed by atoms with E-state index < -0.39 is 0 Å². The molecule has 84 valence electrons. The fourth-order valence-electron chi connectivity index (χ4n) is 2.31. The van der Waals surface area contributed by atoms with Crippen molar-refractivity contribution < 1.29 is 0 Å². The van der Waals surface area contributed by atoms with Gasteiger partial charge in [-0.15, -0.1) is 0 Å². The van der Waals surface area contributed by atoms with Gasteiger partial charge in [0.2, 0.25) is 0 Å². The molecule has 1 nitrogen and oxygen atoms in total. The van der Waals surface area contributed by atoms with Gasteiger partial charge >= 0.3 is 0 Å². The van der Waals surface area contributed by atoms with E-state index >= 15 is 0 Å². The molecule has 0 saturated carbocycles. The van der Waals surface area contributed by atoms with Crippen molar-refractivity contribution in [3.05, 3.63) is 71.3 Å². The number of fused-ring (bicyclic) bond motifs is 1. The molecule has 3 rings (SSSR count). The van der Waals surface area contributed by atoms with Crippen LogP contribution in [0, 0.1) is 6.92 Å². The molecule has 0 saturated heterocycles. The molecule has 0 bridgehead atoms. The van der Waals surface area contributed by atoms with Crippen LogP contribution >= 0.6 is 0 Å². The Morgan fingerprint density at radius 1 is 0.941 bits per heavy atom. The summed E-state index contributed by atoms with van der Waals surface area (Å²) in [6, 6.07) is 17.2. The van der Waals surface area contributed by atoms with E-state index in [1.165, 1.54) is 22.4 Å². The fraction of sp³-hybridized carbons (Fsp3) is 0.125. The van der Waals surface area contributed by atoms with E-state index in [0.717, 1.165) is 0 Å². The lowest BCUT2D eigenvalue weighted by Gasteiger charge is -2.23. The standard InChI is InChI=1S/C16H15N/c1-12-6-2-4-8-14(12)16-11-10-13-7-3-5-9-15(13)17-16/h2-11,16-17H,1H3. The summed E-state index contributed by atoms with van der Waals surface area (Å²) >= 11 is 0. The zero-order valence-electron chi connectivity index (χ0n) is 9.85. The first kappa shape index (κ1) is 10.2. The van der Waals surface area contributed by atoms with Gasteiger partial charge in [0.05, 0.1) is 6.04 Å². The third kappa shape index (κ3) is 1.84. The van der Waals surface area contributed by atoms with Crippen molar-refractivity contribution in [3.8, 4) is 0 Å². The van der Waals surface area contributed by atoms with Gasteiger partial charge in [0.25, 0.3) is 0 Å². The predicted molar refractivity (Wildman–Crippen MR) is 73.0 cm³/mol. The molecule has 0 spiro atoms. The Morgan fingerprint density at radius 3 is 2.59 bits per heavy atom. The van der Waals surface area contributed by atoms with E-state index in [9.17, 15) is 0 Å². The smallest absolute Gasteiger partial charge is 0.0704 e. The zero-order chi connectivity index (χ0) is 11.7. The number of benzene rings is 2. The van der Waals surface area contributed by atoms with Crippen LogP contribution in [0.3, 0.4) is 0 Å². The van der Waals surface area contributed by atoms with Crippen LogP contribution in [-0.4, -0.2) is 0 Å². The van der Waals surface area contributed by atoms with E-state index in [1.807, 2.05) is 0 Å². The van der Waals surface area contributed by atoms with Gasteiger partial charge < -0.3 is 5.32 Å². The predicted octanol–water partition coefficient (Wildman–Crippen LogP) is 4.18. The minimum absolute atomic E-state index is 0.283. The Hall–Kier alpha value is -2.02. The Morgan fingerprint density at radius 2 is 1.71 bits per heavy atom. The maximum atomic E-state index is 3.57. The molecule has 1 atom stereocenters. The molecule has 1 heteroatoms. The first-order chi connectivity index (χ1) is 8.34. The van der Waals surface area contributed by atoms with Crippen LogP contribution in [0.2, 0.25) is 0 Å². The molecule has 1 aliphatic rings. The summed E-state index contributed by atoms with van der Waals surface area (Å²) in [5.74, 6) is 0. The summed E-state index contributed by atoms with van der Waals surface area (Å²) in [5, 5.41) is 3.57. The van der Waals surface area contributed by atoms with Gasteiger partial charge in [-0.3, -0.25) is 0 Å². The summed E-state index contributed by atoms with van der Waals surface area (Å²) in [6.45, 7) is 2.16. The van der Waals surface area contributed by atoms with Crippen LogP contribution in [0.25, 0.3) is 6.08 Å². The van der Waals surface area contributed by atoms with E-state index in [1.54, 1.807) is 0 Å². The highest BCUT2D eigenvalue weighted by atomic mass is 14.9. The Kier molecular flexibility index (Phi) is 2.45. The van der Waals surface area contributed by atoms with Crippen LogP contribution in [0.5, 0.6) is 0 Å². The summed E-state index contributed by atoms with van der Waals surface area (Å²) < 4.78 is 0. The van der Waals surface area contributed by atoms with Crippen molar-refractivity contribution in [2.45, 2.75) is 13.0 Å². The maximum absolute atomic E-state index is 3.57. The Balaban J connectivity index is 1.98. The van der Waals surface area contributed by atoms with Crippen molar-refractivity contribution in [2.75, 3.05) is 5.32 Å².